The summed E-state index contributed by atoms with van der Waals surface area (Å²) >= 11 is 0. The Hall–Kier alpha value is -1.18. The second-order valence-electron chi connectivity index (χ2n) is 3.84. The maximum atomic E-state index is 11.9. The van der Waals surface area contributed by atoms with E-state index in [-0.39, 0.29) is 12.5 Å². The first-order valence-corrected chi connectivity index (χ1v) is 5.44. The first-order chi connectivity index (χ1) is 7.94. The maximum absolute atomic E-state index is 11.9. The molecule has 1 aromatic rings. The topological polar surface area (TPSA) is 55.6 Å². The summed E-state index contributed by atoms with van der Waals surface area (Å²) in [6.45, 7) is 2.29. The molecule has 0 radical (unpaired) electrons. The van der Waals surface area contributed by atoms with Crippen LogP contribution < -0.4 is 5.32 Å². The number of tetrazole rings is 1. The fraction of sp³-hybridized carbons (Fsp3) is 0.889. The highest BCUT2D eigenvalue weighted by Gasteiger charge is 2.26. The minimum Gasteiger partial charge on any atom is -0.311 e. The van der Waals surface area contributed by atoms with Crippen molar-refractivity contribution in [3.63, 3.8) is 0 Å². The molecule has 0 saturated carbocycles. The standard InChI is InChI=1S/C9H16F3N5/c1-7(13-2)8-14-15-16-17(8)6-4-3-5-9(10,11)12/h7,13H,3-6H2,1-2H3. The molecule has 0 saturated heterocycles. The summed E-state index contributed by atoms with van der Waals surface area (Å²) in [6.07, 6.45) is -4.33. The van der Waals surface area contributed by atoms with Crippen LogP contribution in [0.3, 0.4) is 0 Å². The normalized spacial score (nSPS) is 13.9. The van der Waals surface area contributed by atoms with Gasteiger partial charge in [0.2, 0.25) is 0 Å². The fourth-order valence-corrected chi connectivity index (χ4v) is 1.40. The van der Waals surface area contributed by atoms with Crippen LogP contribution in [0.5, 0.6) is 0 Å². The van der Waals surface area contributed by atoms with Crippen molar-refractivity contribution in [1.29, 1.82) is 0 Å². The summed E-state index contributed by atoms with van der Waals surface area (Å²) in [5.41, 5.74) is 0. The Kier molecular flexibility index (Phi) is 4.86. The van der Waals surface area contributed by atoms with Gasteiger partial charge in [-0.1, -0.05) is 0 Å². The second-order valence-corrected chi connectivity index (χ2v) is 3.84. The van der Waals surface area contributed by atoms with Crippen molar-refractivity contribution in [3.8, 4) is 0 Å². The van der Waals surface area contributed by atoms with Gasteiger partial charge in [0.1, 0.15) is 0 Å². The molecule has 1 unspecified atom stereocenters. The summed E-state index contributed by atoms with van der Waals surface area (Å²) in [5, 5.41) is 14.1. The summed E-state index contributed by atoms with van der Waals surface area (Å²) in [7, 11) is 1.77. The minimum atomic E-state index is -4.08. The van der Waals surface area contributed by atoms with E-state index in [9.17, 15) is 13.2 Å². The van der Waals surface area contributed by atoms with Crippen LogP contribution in [0.2, 0.25) is 0 Å². The number of nitrogens with zero attached hydrogens (tertiary/aromatic N) is 4. The number of nitrogens with one attached hydrogen (secondary N) is 1. The lowest BCUT2D eigenvalue weighted by molar-refractivity contribution is -0.135. The molecule has 98 valence electrons. The highest BCUT2D eigenvalue weighted by atomic mass is 19.4. The van der Waals surface area contributed by atoms with Gasteiger partial charge >= 0.3 is 6.18 Å². The summed E-state index contributed by atoms with van der Waals surface area (Å²) in [4.78, 5) is 0. The van der Waals surface area contributed by atoms with E-state index < -0.39 is 12.6 Å². The first-order valence-electron chi connectivity index (χ1n) is 5.44. The summed E-state index contributed by atoms with van der Waals surface area (Å²) < 4.78 is 37.3. The van der Waals surface area contributed by atoms with Gasteiger partial charge < -0.3 is 5.32 Å². The number of alkyl halides is 3. The van der Waals surface area contributed by atoms with Crippen molar-refractivity contribution in [2.24, 2.45) is 0 Å². The van der Waals surface area contributed by atoms with Crippen LogP contribution in [-0.4, -0.2) is 33.4 Å². The van der Waals surface area contributed by atoms with E-state index in [1.54, 1.807) is 7.05 Å². The van der Waals surface area contributed by atoms with E-state index in [1.165, 1.54) is 4.68 Å². The predicted octanol–water partition coefficient (Wildman–Crippen LogP) is 1.69. The summed E-state index contributed by atoms with van der Waals surface area (Å²) in [5.74, 6) is 0.638. The molecule has 1 N–H and O–H groups in total. The highest BCUT2D eigenvalue weighted by Crippen LogP contribution is 2.22. The molecule has 1 aromatic heterocycles. The molecule has 0 fully saturated rings. The van der Waals surface area contributed by atoms with Crippen molar-refractivity contribution in [2.45, 2.75) is 44.9 Å². The number of halogens is 3. The van der Waals surface area contributed by atoms with Crippen molar-refractivity contribution >= 4 is 0 Å². The molecule has 0 aliphatic heterocycles. The largest absolute Gasteiger partial charge is 0.389 e. The molecule has 0 aliphatic rings. The number of aryl methyl sites for hydroxylation is 1. The molecule has 0 bridgehead atoms. The number of hydrogen-bond donors (Lipinski definition) is 1. The quantitative estimate of drug-likeness (QED) is 0.782. The molecule has 17 heavy (non-hydrogen) atoms. The van der Waals surface area contributed by atoms with Gasteiger partial charge in [-0.15, -0.1) is 5.10 Å². The molecule has 1 atom stereocenters. The van der Waals surface area contributed by atoms with Crippen LogP contribution in [0.4, 0.5) is 13.2 Å². The van der Waals surface area contributed by atoms with Gasteiger partial charge in [-0.05, 0) is 37.2 Å². The van der Waals surface area contributed by atoms with E-state index >= 15 is 0 Å². The molecular weight excluding hydrogens is 235 g/mol. The Bertz CT molecular complexity index is 336. The van der Waals surface area contributed by atoms with E-state index in [4.69, 9.17) is 0 Å². The van der Waals surface area contributed by atoms with Gasteiger partial charge in [0, 0.05) is 13.0 Å². The molecule has 5 nitrogen and oxygen atoms in total. The molecular formula is C9H16F3N5. The zero-order valence-corrected chi connectivity index (χ0v) is 9.83. The lowest BCUT2D eigenvalue weighted by Crippen LogP contribution is -2.19. The van der Waals surface area contributed by atoms with Gasteiger partial charge in [-0.2, -0.15) is 13.2 Å². The Balaban J connectivity index is 2.39. The van der Waals surface area contributed by atoms with E-state index in [0.717, 1.165) is 0 Å². The average Bonchev–Trinajstić information content (AvgIpc) is 2.70. The van der Waals surface area contributed by atoms with Crippen LogP contribution in [0, 0.1) is 0 Å². The van der Waals surface area contributed by atoms with Crippen LogP contribution >= 0.6 is 0 Å². The zero-order valence-electron chi connectivity index (χ0n) is 9.83. The molecule has 1 rings (SSSR count). The minimum absolute atomic E-state index is 0.0207. The van der Waals surface area contributed by atoms with Crippen molar-refractivity contribution in [1.82, 2.24) is 25.5 Å². The SMILES string of the molecule is CNC(C)c1nnnn1CCCCC(F)(F)F. The average molecular weight is 251 g/mol. The van der Waals surface area contributed by atoms with Crippen LogP contribution in [0.15, 0.2) is 0 Å². The zero-order chi connectivity index (χ0) is 12.9. The van der Waals surface area contributed by atoms with Crippen molar-refractivity contribution < 1.29 is 13.2 Å². The van der Waals surface area contributed by atoms with E-state index in [1.807, 2.05) is 6.92 Å². The van der Waals surface area contributed by atoms with Gasteiger partial charge in [-0.3, -0.25) is 0 Å². The highest BCUT2D eigenvalue weighted by molar-refractivity contribution is 4.88. The Labute approximate surface area is 97.4 Å². The molecule has 0 aromatic carbocycles. The third kappa shape index (κ3) is 4.68. The monoisotopic (exact) mass is 251 g/mol. The van der Waals surface area contributed by atoms with Crippen molar-refractivity contribution in [2.75, 3.05) is 7.05 Å². The summed E-state index contributed by atoms with van der Waals surface area (Å²) in [6, 6.07) is -0.0207. The molecule has 0 aliphatic carbocycles. The molecule has 1 heterocycles. The Morgan fingerprint density at radius 2 is 2.06 bits per heavy atom. The third-order valence-corrected chi connectivity index (χ3v) is 2.46. The van der Waals surface area contributed by atoms with Gasteiger partial charge in [0.05, 0.1) is 6.04 Å². The smallest absolute Gasteiger partial charge is 0.311 e. The van der Waals surface area contributed by atoms with Crippen LogP contribution in [0.1, 0.15) is 38.1 Å². The van der Waals surface area contributed by atoms with Gasteiger partial charge in [-0.25, -0.2) is 4.68 Å². The van der Waals surface area contributed by atoms with Crippen molar-refractivity contribution in [3.05, 3.63) is 5.82 Å². The fourth-order valence-electron chi connectivity index (χ4n) is 1.40. The first kappa shape index (κ1) is 13.9. The van der Waals surface area contributed by atoms with Crippen LogP contribution in [-0.2, 0) is 6.54 Å². The number of aromatic nitrogens is 4. The number of rotatable bonds is 6. The number of unbranched alkanes of at least 4 members (excludes halogenated alkanes) is 1. The van der Waals surface area contributed by atoms with Gasteiger partial charge in [0.15, 0.2) is 5.82 Å². The Morgan fingerprint density at radius 1 is 1.35 bits per heavy atom. The van der Waals surface area contributed by atoms with E-state index in [2.05, 4.69) is 20.8 Å². The molecule has 0 amide bonds. The maximum Gasteiger partial charge on any atom is 0.389 e. The molecule has 0 spiro atoms. The lowest BCUT2D eigenvalue weighted by atomic mass is 10.2. The Morgan fingerprint density at radius 3 is 2.65 bits per heavy atom. The lowest BCUT2D eigenvalue weighted by Gasteiger charge is -2.10. The number of hydrogen-bond acceptors (Lipinski definition) is 4. The molecule has 8 heteroatoms. The predicted molar refractivity (Wildman–Crippen MR) is 55.2 cm³/mol. The van der Waals surface area contributed by atoms with Crippen LogP contribution in [0.25, 0.3) is 0 Å². The van der Waals surface area contributed by atoms with Gasteiger partial charge in [0.25, 0.3) is 0 Å². The van der Waals surface area contributed by atoms with E-state index in [0.29, 0.717) is 18.8 Å². The second kappa shape index (κ2) is 5.95. The third-order valence-electron chi connectivity index (χ3n) is 2.46.